The van der Waals surface area contributed by atoms with Gasteiger partial charge in [0.2, 0.25) is 0 Å². The highest BCUT2D eigenvalue weighted by Gasteiger charge is 2.40. The first-order chi connectivity index (χ1) is 8.40. The molecule has 0 amide bonds. The molecule has 1 heterocycles. The quantitative estimate of drug-likeness (QED) is 0.513. The number of rotatable bonds is 3. The van der Waals surface area contributed by atoms with Crippen molar-refractivity contribution in [2.24, 2.45) is 0 Å². The van der Waals surface area contributed by atoms with Crippen LogP contribution in [0, 0.1) is 0 Å². The highest BCUT2D eigenvalue weighted by Crippen LogP contribution is 2.19. The number of carbonyl (C=O) groups excluding carboxylic acids is 3. The molecule has 1 aliphatic rings. The van der Waals surface area contributed by atoms with E-state index >= 15 is 0 Å². The highest BCUT2D eigenvalue weighted by molar-refractivity contribution is 5.68. The molecule has 0 saturated carbocycles. The Hall–Kier alpha value is -1.63. The van der Waals surface area contributed by atoms with Crippen LogP contribution in [0.2, 0.25) is 0 Å². The Morgan fingerprint density at radius 2 is 1.22 bits per heavy atom. The fourth-order valence-corrected chi connectivity index (χ4v) is 1.70. The first-order valence-electron chi connectivity index (χ1n) is 5.49. The average Bonchev–Trinajstić information content (AvgIpc) is 2.20. The number of carbonyl (C=O) groups is 3. The molecule has 0 aromatic heterocycles. The van der Waals surface area contributed by atoms with Gasteiger partial charge in [-0.2, -0.15) is 0 Å². The van der Waals surface area contributed by atoms with E-state index in [0.717, 1.165) is 0 Å². The summed E-state index contributed by atoms with van der Waals surface area (Å²) in [5.41, 5.74) is 0. The normalized spacial score (nSPS) is 27.2. The zero-order valence-corrected chi connectivity index (χ0v) is 10.5. The molecule has 1 saturated heterocycles. The largest absolute Gasteiger partial charge is 0.456 e. The lowest BCUT2D eigenvalue weighted by molar-refractivity contribution is -0.208. The topological polar surface area (TPSA) is 88.1 Å². The van der Waals surface area contributed by atoms with Crippen LogP contribution in [-0.4, -0.2) is 49.4 Å². The Morgan fingerprint density at radius 1 is 0.833 bits per heavy atom. The molecule has 1 aliphatic heterocycles. The van der Waals surface area contributed by atoms with Gasteiger partial charge in [-0.3, -0.25) is 14.4 Å². The van der Waals surface area contributed by atoms with E-state index in [1.165, 1.54) is 20.8 Å². The molecule has 1 unspecified atom stereocenters. The van der Waals surface area contributed by atoms with Crippen molar-refractivity contribution in [3.05, 3.63) is 0 Å². The van der Waals surface area contributed by atoms with Crippen LogP contribution in [0.5, 0.6) is 0 Å². The Kier molecular flexibility index (Phi) is 5.08. The first kappa shape index (κ1) is 14.4. The Bertz CT molecular complexity index is 314. The van der Waals surface area contributed by atoms with E-state index in [0.29, 0.717) is 0 Å². The second kappa shape index (κ2) is 6.34. The van der Waals surface area contributed by atoms with Gasteiger partial charge in [0, 0.05) is 20.8 Å². The van der Waals surface area contributed by atoms with Gasteiger partial charge in [0.15, 0.2) is 18.3 Å². The maximum Gasteiger partial charge on any atom is 0.303 e. The molecule has 1 fully saturated rings. The van der Waals surface area contributed by atoms with Crippen LogP contribution < -0.4 is 0 Å². The summed E-state index contributed by atoms with van der Waals surface area (Å²) in [6.45, 7) is 3.89. The van der Waals surface area contributed by atoms with Gasteiger partial charge in [-0.05, 0) is 0 Å². The summed E-state index contributed by atoms with van der Waals surface area (Å²) in [6.07, 6.45) is -2.39. The summed E-state index contributed by atoms with van der Waals surface area (Å²) in [7, 11) is 0. The lowest BCUT2D eigenvalue weighted by Crippen LogP contribution is -2.53. The number of hydrogen-bond acceptors (Lipinski definition) is 7. The van der Waals surface area contributed by atoms with E-state index in [-0.39, 0.29) is 13.2 Å². The minimum atomic E-state index is -0.843. The standard InChI is InChI=1S/C11H16O7/c1-6(12)16-9-4-15-5-10(17-7(2)13)11(9)18-8(3)14/h9-11H,4-5H2,1-3H3/t9-,10+,11?. The van der Waals surface area contributed by atoms with Gasteiger partial charge in [-0.25, -0.2) is 0 Å². The molecule has 0 aromatic rings. The van der Waals surface area contributed by atoms with Crippen LogP contribution >= 0.6 is 0 Å². The summed E-state index contributed by atoms with van der Waals surface area (Å²) in [6, 6.07) is 0. The molecule has 0 bridgehead atoms. The van der Waals surface area contributed by atoms with E-state index in [1.54, 1.807) is 0 Å². The molecule has 0 aromatic carbocycles. The second-order valence-electron chi connectivity index (χ2n) is 3.91. The van der Waals surface area contributed by atoms with Crippen molar-refractivity contribution >= 4 is 17.9 Å². The maximum atomic E-state index is 11.0. The Labute approximate surface area is 104 Å². The number of hydrogen-bond donors (Lipinski definition) is 0. The van der Waals surface area contributed by atoms with Crippen molar-refractivity contribution in [2.75, 3.05) is 13.2 Å². The smallest absolute Gasteiger partial charge is 0.303 e. The van der Waals surface area contributed by atoms with Crippen molar-refractivity contribution in [1.29, 1.82) is 0 Å². The monoisotopic (exact) mass is 260 g/mol. The van der Waals surface area contributed by atoms with Crippen molar-refractivity contribution in [2.45, 2.75) is 39.1 Å². The summed E-state index contributed by atoms with van der Waals surface area (Å²) in [5, 5.41) is 0. The maximum absolute atomic E-state index is 11.0. The first-order valence-corrected chi connectivity index (χ1v) is 5.49. The predicted octanol–water partition coefficient (Wildman–Crippen LogP) is -0.188. The van der Waals surface area contributed by atoms with Crippen LogP contribution in [0.25, 0.3) is 0 Å². The minimum absolute atomic E-state index is 0.0926. The van der Waals surface area contributed by atoms with E-state index in [4.69, 9.17) is 18.9 Å². The van der Waals surface area contributed by atoms with E-state index in [1.807, 2.05) is 0 Å². The van der Waals surface area contributed by atoms with E-state index in [9.17, 15) is 14.4 Å². The van der Waals surface area contributed by atoms with Crippen LogP contribution in [0.3, 0.4) is 0 Å². The molecular formula is C11H16O7. The molecule has 0 radical (unpaired) electrons. The van der Waals surface area contributed by atoms with Gasteiger partial charge in [-0.15, -0.1) is 0 Å². The van der Waals surface area contributed by atoms with Crippen LogP contribution in [-0.2, 0) is 33.3 Å². The van der Waals surface area contributed by atoms with Crippen molar-refractivity contribution in [3.63, 3.8) is 0 Å². The van der Waals surface area contributed by atoms with Crippen LogP contribution in [0.1, 0.15) is 20.8 Å². The van der Waals surface area contributed by atoms with Crippen LogP contribution in [0.4, 0.5) is 0 Å². The van der Waals surface area contributed by atoms with Gasteiger partial charge >= 0.3 is 17.9 Å². The molecular weight excluding hydrogens is 244 g/mol. The molecule has 7 nitrogen and oxygen atoms in total. The third-order valence-corrected chi connectivity index (χ3v) is 2.23. The molecule has 7 heteroatoms. The molecule has 18 heavy (non-hydrogen) atoms. The minimum Gasteiger partial charge on any atom is -0.456 e. The summed E-state index contributed by atoms with van der Waals surface area (Å²) in [4.78, 5) is 32.9. The fourth-order valence-electron chi connectivity index (χ4n) is 1.70. The van der Waals surface area contributed by atoms with Crippen molar-refractivity contribution in [1.82, 2.24) is 0 Å². The lowest BCUT2D eigenvalue weighted by atomic mass is 10.1. The SMILES string of the molecule is CC(=O)OC1[C@@H](OC(C)=O)COC[C@H]1OC(C)=O. The molecule has 1 rings (SSSR count). The average molecular weight is 260 g/mol. The molecule has 0 spiro atoms. The Morgan fingerprint density at radius 3 is 1.56 bits per heavy atom. The molecule has 0 aliphatic carbocycles. The molecule has 3 atom stereocenters. The number of ether oxygens (including phenoxy) is 4. The Balaban J connectivity index is 2.78. The summed E-state index contributed by atoms with van der Waals surface area (Å²) >= 11 is 0. The van der Waals surface area contributed by atoms with Gasteiger partial charge < -0.3 is 18.9 Å². The highest BCUT2D eigenvalue weighted by atomic mass is 16.6. The second-order valence-corrected chi connectivity index (χ2v) is 3.91. The predicted molar refractivity (Wildman–Crippen MR) is 57.5 cm³/mol. The fraction of sp³-hybridized carbons (Fsp3) is 0.727. The summed E-state index contributed by atoms with van der Waals surface area (Å²) < 4.78 is 20.2. The third kappa shape index (κ3) is 4.33. The zero-order valence-electron chi connectivity index (χ0n) is 10.5. The van der Waals surface area contributed by atoms with E-state index in [2.05, 4.69) is 0 Å². The van der Waals surface area contributed by atoms with E-state index < -0.39 is 36.2 Å². The van der Waals surface area contributed by atoms with Crippen LogP contribution in [0.15, 0.2) is 0 Å². The summed E-state index contributed by atoms with van der Waals surface area (Å²) in [5.74, 6) is -1.59. The van der Waals surface area contributed by atoms with Crippen molar-refractivity contribution in [3.8, 4) is 0 Å². The zero-order chi connectivity index (χ0) is 13.7. The van der Waals surface area contributed by atoms with Gasteiger partial charge in [0.05, 0.1) is 13.2 Å². The molecule has 0 N–H and O–H groups in total. The van der Waals surface area contributed by atoms with Gasteiger partial charge in [-0.1, -0.05) is 0 Å². The number of esters is 3. The third-order valence-electron chi connectivity index (χ3n) is 2.23. The lowest BCUT2D eigenvalue weighted by Gasteiger charge is -2.35. The van der Waals surface area contributed by atoms with Gasteiger partial charge in [0.1, 0.15) is 0 Å². The molecule has 102 valence electrons. The van der Waals surface area contributed by atoms with Crippen molar-refractivity contribution < 1.29 is 33.3 Å². The van der Waals surface area contributed by atoms with Gasteiger partial charge in [0.25, 0.3) is 0 Å².